The molecule has 2 N–H and O–H groups in total. The van der Waals surface area contributed by atoms with Crippen LogP contribution in [0.1, 0.15) is 23.1 Å². The van der Waals surface area contributed by atoms with Crippen molar-refractivity contribution in [3.05, 3.63) is 69.0 Å². The van der Waals surface area contributed by atoms with Crippen molar-refractivity contribution in [2.45, 2.75) is 26.1 Å². The van der Waals surface area contributed by atoms with Crippen LogP contribution in [-0.2, 0) is 19.6 Å². The van der Waals surface area contributed by atoms with Gasteiger partial charge in [0.05, 0.1) is 0 Å². The Morgan fingerprint density at radius 1 is 0.718 bits per heavy atom. The summed E-state index contributed by atoms with van der Waals surface area (Å²) in [5.74, 6) is 0.446. The summed E-state index contributed by atoms with van der Waals surface area (Å²) in [6.45, 7) is 11.8. The highest BCUT2D eigenvalue weighted by atomic mass is 35.5. The van der Waals surface area contributed by atoms with Crippen LogP contribution in [0.25, 0.3) is 10.4 Å². The van der Waals surface area contributed by atoms with Crippen molar-refractivity contribution < 1.29 is 10.2 Å². The lowest BCUT2D eigenvalue weighted by Crippen LogP contribution is -2.46. The number of hydrogen-bond acceptors (Lipinski definition) is 9. The Morgan fingerprint density at radius 3 is 1.77 bits per heavy atom. The molecule has 3 aromatic rings. The molecule has 0 atom stereocenters. The molecule has 0 radical (unpaired) electrons. The molecule has 0 bridgehead atoms. The van der Waals surface area contributed by atoms with Crippen LogP contribution in [0.4, 0.5) is 0 Å². The third-order valence-electron chi connectivity index (χ3n) is 7.61. The summed E-state index contributed by atoms with van der Waals surface area (Å²) in [4.78, 5) is 11.0. The molecule has 5 rings (SSSR count). The zero-order chi connectivity index (χ0) is 26.3. The lowest BCUT2D eigenvalue weighted by molar-refractivity contribution is 0.118. The minimum atomic E-state index is 0. The number of halogens is 1. The molecule has 0 amide bonds. The van der Waals surface area contributed by atoms with Gasteiger partial charge in [-0.05, 0) is 35.7 Å². The van der Waals surface area contributed by atoms with Crippen molar-refractivity contribution in [1.29, 1.82) is 0 Å². The molecule has 2 aliphatic rings. The zero-order valence-corrected chi connectivity index (χ0v) is 25.6. The van der Waals surface area contributed by atoms with Crippen LogP contribution in [0, 0.1) is 3.82 Å². The van der Waals surface area contributed by atoms with Crippen LogP contribution in [0.2, 0.25) is 0 Å². The Morgan fingerprint density at radius 2 is 1.26 bits per heavy atom. The Bertz CT molecular complexity index is 1220. The molecular formula is C29H39ClN4O2S3. The molecule has 0 unspecified atom stereocenters. The fourth-order valence-electron chi connectivity index (χ4n) is 5.41. The molecule has 212 valence electrons. The minimum Gasteiger partial charge on any atom is -0.507 e. The van der Waals surface area contributed by atoms with E-state index >= 15 is 0 Å². The first-order valence-corrected chi connectivity index (χ1v) is 16.1. The topological polar surface area (TPSA) is 53.4 Å². The number of rotatable bonds is 10. The van der Waals surface area contributed by atoms with E-state index in [1.807, 2.05) is 0 Å². The summed E-state index contributed by atoms with van der Waals surface area (Å²) in [5.41, 5.74) is 4.55. The lowest BCUT2D eigenvalue weighted by atomic mass is 10.0. The van der Waals surface area contributed by atoms with Crippen LogP contribution in [-0.4, -0.2) is 95.3 Å². The molecule has 2 saturated heterocycles. The number of hydrogen-bond donors (Lipinski definition) is 2. The second-order valence-electron chi connectivity index (χ2n) is 10.4. The number of aliphatic hydroxyl groups is 1. The molecule has 10 heteroatoms. The Kier molecular flexibility index (Phi) is 11.8. The summed E-state index contributed by atoms with van der Waals surface area (Å²) in [6.07, 6.45) is 0.833. The van der Waals surface area contributed by atoms with E-state index in [9.17, 15) is 5.11 Å². The third-order valence-corrected chi connectivity index (χ3v) is 10.5. The van der Waals surface area contributed by atoms with Gasteiger partial charge in [0, 0.05) is 101 Å². The molecule has 39 heavy (non-hydrogen) atoms. The highest BCUT2D eigenvalue weighted by molar-refractivity contribution is 7.80. The van der Waals surface area contributed by atoms with Gasteiger partial charge in [0.25, 0.3) is 0 Å². The Hall–Kier alpha value is -1.40. The van der Waals surface area contributed by atoms with Gasteiger partial charge >= 0.3 is 0 Å². The summed E-state index contributed by atoms with van der Waals surface area (Å²) < 4.78 is 0.912. The van der Waals surface area contributed by atoms with Crippen LogP contribution in [0.3, 0.4) is 0 Å². The summed E-state index contributed by atoms with van der Waals surface area (Å²) >= 11 is 5.42. The van der Waals surface area contributed by atoms with Gasteiger partial charge in [0.15, 0.2) is 0 Å². The van der Waals surface area contributed by atoms with Crippen molar-refractivity contribution in [1.82, 2.24) is 19.6 Å². The van der Waals surface area contributed by atoms with Gasteiger partial charge < -0.3 is 15.1 Å². The van der Waals surface area contributed by atoms with E-state index < -0.39 is 0 Å². The first-order valence-electron chi connectivity index (χ1n) is 13.6. The predicted octanol–water partition coefficient (Wildman–Crippen LogP) is 5.15. The highest BCUT2D eigenvalue weighted by Gasteiger charge is 2.22. The number of aliphatic hydroxyl groups excluding tert-OH is 1. The average molecular weight is 607 g/mol. The third kappa shape index (κ3) is 8.55. The van der Waals surface area contributed by atoms with E-state index in [1.165, 1.54) is 10.4 Å². The van der Waals surface area contributed by atoms with Crippen LogP contribution in [0.15, 0.2) is 48.5 Å². The van der Waals surface area contributed by atoms with Crippen molar-refractivity contribution in [3.63, 3.8) is 0 Å². The Balaban J connectivity index is 0.00000353. The number of nitrogens with zero attached hydrogens (tertiary/aromatic N) is 4. The summed E-state index contributed by atoms with van der Waals surface area (Å²) in [5, 5.41) is 20.6. The highest BCUT2D eigenvalue weighted by Crippen LogP contribution is 2.36. The molecule has 0 spiro atoms. The van der Waals surface area contributed by atoms with Crippen LogP contribution in [0.5, 0.6) is 5.75 Å². The zero-order valence-electron chi connectivity index (χ0n) is 22.3. The number of phenols is 1. The molecule has 2 aromatic carbocycles. The first-order chi connectivity index (χ1) is 18.6. The fraction of sp³-hybridized carbons (Fsp3) is 0.483. The van der Waals surface area contributed by atoms with E-state index in [0.29, 0.717) is 5.75 Å². The second-order valence-corrected chi connectivity index (χ2v) is 13.3. The molecule has 2 aliphatic heterocycles. The van der Waals surface area contributed by atoms with Crippen molar-refractivity contribution in [2.24, 2.45) is 0 Å². The summed E-state index contributed by atoms with van der Waals surface area (Å²) in [7, 11) is 3.36. The number of piperazine rings is 2. The number of phenolic OH excluding ortho intramolecular Hbond substituents is 1. The van der Waals surface area contributed by atoms with Crippen LogP contribution >= 0.6 is 45.3 Å². The quantitative estimate of drug-likeness (QED) is 0.244. The van der Waals surface area contributed by atoms with Gasteiger partial charge in [0.2, 0.25) is 0 Å². The average Bonchev–Trinajstić information content (AvgIpc) is 3.38. The molecule has 0 saturated carbocycles. The summed E-state index contributed by atoms with van der Waals surface area (Å²) in [6, 6.07) is 17.1. The smallest absolute Gasteiger partial charge is 0.124 e. The maximum Gasteiger partial charge on any atom is 0.124 e. The van der Waals surface area contributed by atoms with Gasteiger partial charge in [-0.1, -0.05) is 63.2 Å². The predicted molar refractivity (Wildman–Crippen MR) is 168 cm³/mol. The van der Waals surface area contributed by atoms with Gasteiger partial charge in [-0.2, -0.15) is 0 Å². The molecule has 2 fully saturated rings. The van der Waals surface area contributed by atoms with E-state index in [4.69, 9.17) is 17.3 Å². The fourth-order valence-corrected chi connectivity index (χ4v) is 7.79. The van der Waals surface area contributed by atoms with Crippen LogP contribution < -0.4 is 0 Å². The minimum absolute atomic E-state index is 0. The first kappa shape index (κ1) is 30.6. The number of aromatic hydroxyl groups is 1. The van der Waals surface area contributed by atoms with E-state index in [1.54, 1.807) is 20.7 Å². The Labute approximate surface area is 250 Å². The van der Waals surface area contributed by atoms with E-state index in [-0.39, 0.29) is 19.0 Å². The van der Waals surface area contributed by atoms with E-state index in [2.05, 4.69) is 68.1 Å². The maximum absolute atomic E-state index is 11.4. The largest absolute Gasteiger partial charge is 0.507 e. The molecular weight excluding hydrogens is 568 g/mol. The molecule has 0 aliphatic carbocycles. The molecule has 6 nitrogen and oxygen atoms in total. The maximum atomic E-state index is 11.4. The normalized spacial score (nSPS) is 17.8. The van der Waals surface area contributed by atoms with Gasteiger partial charge in [-0.3, -0.25) is 14.7 Å². The number of benzene rings is 2. The van der Waals surface area contributed by atoms with E-state index in [0.717, 1.165) is 105 Å². The van der Waals surface area contributed by atoms with Gasteiger partial charge in [-0.25, -0.2) is 0 Å². The standard InChI is InChI=1S/C29H38N4O2S3.ClH/c34-16-4-7-30-8-10-32(11-9-30)21-25-17-24(27-19-28(36)38-37-27)18-26(29(25)35)22-33-14-12-31(13-15-33)20-23-5-2-1-3-6-23;/h1-3,5-6,17-19,34-35H,4,7-16,20-22H2;1H. The van der Waals surface area contributed by atoms with Crippen molar-refractivity contribution in [3.8, 4) is 16.2 Å². The SMILES string of the molecule is Cl.OCCCN1CCN(Cc2cc(-c3cc(=S)ss3)cc(CN3CCN(Cc4ccccc4)CC3)c2O)CC1. The van der Waals surface area contributed by atoms with Crippen molar-refractivity contribution in [2.75, 3.05) is 65.5 Å². The monoisotopic (exact) mass is 606 g/mol. The second kappa shape index (κ2) is 15.0. The van der Waals surface area contributed by atoms with Gasteiger partial charge in [0.1, 0.15) is 9.57 Å². The molecule has 1 aromatic heterocycles. The molecule has 3 heterocycles. The lowest BCUT2D eigenvalue weighted by Gasteiger charge is -2.36. The van der Waals surface area contributed by atoms with Gasteiger partial charge in [-0.15, -0.1) is 12.4 Å². The van der Waals surface area contributed by atoms with Crippen molar-refractivity contribution >= 4 is 45.3 Å².